The summed E-state index contributed by atoms with van der Waals surface area (Å²) in [6, 6.07) is 11.2. The van der Waals surface area contributed by atoms with Gasteiger partial charge in [0.2, 0.25) is 0 Å². The minimum Gasteiger partial charge on any atom is -0.507 e. The summed E-state index contributed by atoms with van der Waals surface area (Å²) in [5.74, 6) is 2.09. The van der Waals surface area contributed by atoms with Crippen molar-refractivity contribution in [3.05, 3.63) is 47.2 Å². The molecule has 0 aliphatic rings. The molecule has 0 amide bonds. The highest BCUT2D eigenvalue weighted by molar-refractivity contribution is 6.31. The maximum atomic E-state index is 10.4. The van der Waals surface area contributed by atoms with Crippen LogP contribution in [0.25, 0.3) is 22.0 Å². The third-order valence-corrected chi connectivity index (χ3v) is 5.52. The summed E-state index contributed by atoms with van der Waals surface area (Å²) >= 11 is 6.19. The summed E-state index contributed by atoms with van der Waals surface area (Å²) in [4.78, 5) is 14.4. The number of phenolic OH excluding ortho intramolecular Hbond substituents is 1. The summed E-state index contributed by atoms with van der Waals surface area (Å²) in [5.41, 5.74) is 2.56. The van der Waals surface area contributed by atoms with Crippen LogP contribution in [0.4, 0.5) is 5.82 Å². The van der Waals surface area contributed by atoms with E-state index in [2.05, 4.69) is 43.8 Å². The molecule has 0 aliphatic carbocycles. The van der Waals surface area contributed by atoms with Crippen molar-refractivity contribution in [3.63, 3.8) is 0 Å². The van der Waals surface area contributed by atoms with E-state index in [0.717, 1.165) is 73.4 Å². The molecule has 0 spiro atoms. The van der Waals surface area contributed by atoms with Crippen LogP contribution >= 0.6 is 11.6 Å². The highest BCUT2D eigenvalue weighted by atomic mass is 35.5. The Morgan fingerprint density at radius 1 is 0.935 bits per heavy atom. The Morgan fingerprint density at radius 2 is 1.68 bits per heavy atom. The Labute approximate surface area is 190 Å². The first-order valence-electron chi connectivity index (χ1n) is 11.1. The monoisotopic (exact) mass is 440 g/mol. The van der Waals surface area contributed by atoms with Crippen LogP contribution < -0.4 is 4.90 Å². The van der Waals surface area contributed by atoms with Crippen LogP contribution in [0.3, 0.4) is 0 Å². The molecule has 5 nitrogen and oxygen atoms in total. The molecular weight excluding hydrogens is 408 g/mol. The van der Waals surface area contributed by atoms with Gasteiger partial charge in [0, 0.05) is 35.5 Å². The van der Waals surface area contributed by atoms with E-state index in [1.54, 1.807) is 18.2 Å². The zero-order chi connectivity index (χ0) is 22.4. The van der Waals surface area contributed by atoms with E-state index in [-0.39, 0.29) is 5.75 Å². The Balaban J connectivity index is 2.11. The second-order valence-corrected chi connectivity index (χ2v) is 8.69. The molecule has 0 aliphatic heterocycles. The van der Waals surface area contributed by atoms with Gasteiger partial charge in [-0.05, 0) is 75.8 Å². The zero-order valence-corrected chi connectivity index (χ0v) is 19.8. The topological polar surface area (TPSA) is 52.5 Å². The summed E-state index contributed by atoms with van der Waals surface area (Å²) < 4.78 is 0. The van der Waals surface area contributed by atoms with E-state index in [1.165, 1.54) is 0 Å². The van der Waals surface area contributed by atoms with Gasteiger partial charge in [0.05, 0.1) is 5.52 Å². The number of anilines is 1. The lowest BCUT2D eigenvalue weighted by Crippen LogP contribution is -2.26. The number of aromatic nitrogens is 2. The number of halogens is 1. The van der Waals surface area contributed by atoms with Gasteiger partial charge in [-0.1, -0.05) is 31.5 Å². The lowest BCUT2D eigenvalue weighted by molar-refractivity contribution is 0.398. The van der Waals surface area contributed by atoms with Crippen LogP contribution in [-0.2, 0) is 6.42 Å². The van der Waals surface area contributed by atoms with Crippen molar-refractivity contribution in [3.8, 4) is 16.9 Å². The maximum absolute atomic E-state index is 10.4. The number of aromatic hydroxyl groups is 1. The zero-order valence-electron chi connectivity index (χ0n) is 19.0. The summed E-state index contributed by atoms with van der Waals surface area (Å²) in [7, 11) is 4.17. The van der Waals surface area contributed by atoms with Gasteiger partial charge in [-0.3, -0.25) is 0 Å². The average molecular weight is 441 g/mol. The standard InChI is InChI=1S/C25H33ClN4O/c1-5-13-30(14-6-2)25-21-16-18(20-17-19(26)10-12-23(20)31)9-11-22(21)27-24(28-25)8-7-15-29(3)4/h9-12,16-17,31H,5-8,13-15H2,1-4H3. The number of hydrogen-bond acceptors (Lipinski definition) is 5. The van der Waals surface area contributed by atoms with Gasteiger partial charge in [-0.2, -0.15) is 0 Å². The van der Waals surface area contributed by atoms with Crippen molar-refractivity contribution in [2.45, 2.75) is 39.5 Å². The first kappa shape index (κ1) is 23.3. The number of hydrogen-bond donors (Lipinski definition) is 1. The van der Waals surface area contributed by atoms with Crippen LogP contribution in [0.15, 0.2) is 36.4 Å². The lowest BCUT2D eigenvalue weighted by atomic mass is 10.0. The first-order chi connectivity index (χ1) is 14.9. The smallest absolute Gasteiger partial charge is 0.140 e. The molecule has 0 radical (unpaired) electrons. The molecule has 31 heavy (non-hydrogen) atoms. The average Bonchev–Trinajstić information content (AvgIpc) is 2.74. The molecule has 1 heterocycles. The molecule has 0 fully saturated rings. The molecule has 0 bridgehead atoms. The second kappa shape index (κ2) is 10.8. The first-order valence-corrected chi connectivity index (χ1v) is 11.5. The van der Waals surface area contributed by atoms with Crippen molar-refractivity contribution in [1.29, 1.82) is 0 Å². The van der Waals surface area contributed by atoms with E-state index in [1.807, 2.05) is 12.1 Å². The van der Waals surface area contributed by atoms with Crippen molar-refractivity contribution in [2.24, 2.45) is 0 Å². The fourth-order valence-electron chi connectivity index (χ4n) is 3.84. The molecule has 0 unspecified atom stereocenters. The minimum absolute atomic E-state index is 0.213. The van der Waals surface area contributed by atoms with Crippen LogP contribution in [0.2, 0.25) is 5.02 Å². The van der Waals surface area contributed by atoms with Crippen LogP contribution in [-0.4, -0.2) is 53.7 Å². The highest BCUT2D eigenvalue weighted by Crippen LogP contribution is 2.35. The molecule has 3 aromatic rings. The molecule has 0 saturated carbocycles. The molecule has 6 heteroatoms. The predicted molar refractivity (Wildman–Crippen MR) is 131 cm³/mol. The second-order valence-electron chi connectivity index (χ2n) is 8.25. The third kappa shape index (κ3) is 5.86. The lowest BCUT2D eigenvalue weighted by Gasteiger charge is -2.25. The summed E-state index contributed by atoms with van der Waals surface area (Å²) in [6.07, 6.45) is 3.98. The van der Waals surface area contributed by atoms with Gasteiger partial charge in [-0.15, -0.1) is 0 Å². The largest absolute Gasteiger partial charge is 0.507 e. The molecule has 2 aromatic carbocycles. The molecule has 0 saturated heterocycles. The molecule has 3 rings (SSSR count). The third-order valence-electron chi connectivity index (χ3n) is 5.28. The predicted octanol–water partition coefficient (Wildman–Crippen LogP) is 5.78. The number of nitrogens with zero attached hydrogens (tertiary/aromatic N) is 4. The van der Waals surface area contributed by atoms with Crippen LogP contribution in [0, 0.1) is 0 Å². The van der Waals surface area contributed by atoms with Gasteiger partial charge in [0.1, 0.15) is 17.4 Å². The minimum atomic E-state index is 0.213. The van der Waals surface area contributed by atoms with Gasteiger partial charge in [-0.25, -0.2) is 9.97 Å². The molecule has 166 valence electrons. The van der Waals surface area contributed by atoms with E-state index < -0.39 is 0 Å². The van der Waals surface area contributed by atoms with Gasteiger partial charge < -0.3 is 14.9 Å². The fourth-order valence-corrected chi connectivity index (χ4v) is 4.01. The molecule has 1 N–H and O–H groups in total. The Morgan fingerprint density at radius 3 is 2.35 bits per heavy atom. The Kier molecular flexibility index (Phi) is 8.10. The van der Waals surface area contributed by atoms with E-state index in [0.29, 0.717) is 10.6 Å². The van der Waals surface area contributed by atoms with Gasteiger partial charge in [0.15, 0.2) is 0 Å². The number of aryl methyl sites for hydroxylation is 1. The van der Waals surface area contributed by atoms with E-state index in [4.69, 9.17) is 21.6 Å². The van der Waals surface area contributed by atoms with Crippen LogP contribution in [0.1, 0.15) is 38.9 Å². The normalized spacial score (nSPS) is 11.4. The summed E-state index contributed by atoms with van der Waals surface area (Å²) in [6.45, 7) is 7.30. The molecule has 0 atom stereocenters. The molecular formula is C25H33ClN4O. The van der Waals surface area contributed by atoms with Crippen molar-refractivity contribution < 1.29 is 5.11 Å². The number of fused-ring (bicyclic) bond motifs is 1. The van der Waals surface area contributed by atoms with Crippen LogP contribution in [0.5, 0.6) is 5.75 Å². The Hall–Kier alpha value is -2.37. The van der Waals surface area contributed by atoms with E-state index in [9.17, 15) is 5.11 Å². The van der Waals surface area contributed by atoms with Crippen molar-refractivity contribution >= 4 is 28.3 Å². The number of benzene rings is 2. The maximum Gasteiger partial charge on any atom is 0.140 e. The van der Waals surface area contributed by atoms with E-state index >= 15 is 0 Å². The fraction of sp³-hybridized carbons (Fsp3) is 0.440. The number of phenols is 1. The van der Waals surface area contributed by atoms with Crippen molar-refractivity contribution in [2.75, 3.05) is 38.6 Å². The van der Waals surface area contributed by atoms with Gasteiger partial charge >= 0.3 is 0 Å². The number of rotatable bonds is 10. The SMILES string of the molecule is CCCN(CCC)c1nc(CCCN(C)C)nc2ccc(-c3cc(Cl)ccc3O)cc12. The Bertz CT molecular complexity index is 1020. The summed E-state index contributed by atoms with van der Waals surface area (Å²) in [5, 5.41) is 12.0. The molecule has 1 aromatic heterocycles. The highest BCUT2D eigenvalue weighted by Gasteiger charge is 2.16. The van der Waals surface area contributed by atoms with Gasteiger partial charge in [0.25, 0.3) is 0 Å². The van der Waals surface area contributed by atoms with Crippen molar-refractivity contribution in [1.82, 2.24) is 14.9 Å². The quantitative estimate of drug-likeness (QED) is 0.433.